The van der Waals surface area contributed by atoms with Crippen LogP contribution in [0.5, 0.6) is 0 Å². The van der Waals surface area contributed by atoms with Crippen molar-refractivity contribution in [1.29, 1.82) is 0 Å². The number of rotatable bonds is 4. The second-order valence-electron chi connectivity index (χ2n) is 6.66. The molecule has 0 atom stereocenters. The van der Waals surface area contributed by atoms with Crippen LogP contribution in [0, 0.1) is 5.82 Å². The Balaban J connectivity index is 1.81. The number of anilines is 1. The first-order valence-electron chi connectivity index (χ1n) is 8.78. The Hall–Kier alpha value is -1.69. The molecule has 3 rings (SSSR count). The third-order valence-electron chi connectivity index (χ3n) is 4.80. The molecule has 0 spiro atoms. The van der Waals surface area contributed by atoms with E-state index in [1.54, 1.807) is 18.2 Å². The minimum atomic E-state index is -0.309. The van der Waals surface area contributed by atoms with E-state index in [1.165, 1.54) is 6.07 Å². The molecular formula is C20H23ClFN3S. The summed E-state index contributed by atoms with van der Waals surface area (Å²) >= 11 is 12.0. The van der Waals surface area contributed by atoms with Gasteiger partial charge in [-0.2, -0.15) is 0 Å². The lowest BCUT2D eigenvalue weighted by Gasteiger charge is -2.39. The van der Waals surface area contributed by atoms with Gasteiger partial charge in [0, 0.05) is 17.6 Å². The molecule has 2 aromatic carbocycles. The summed E-state index contributed by atoms with van der Waals surface area (Å²) in [6.07, 6.45) is 2.03. The van der Waals surface area contributed by atoms with Gasteiger partial charge in [0.25, 0.3) is 0 Å². The third-order valence-corrected chi connectivity index (χ3v) is 5.51. The molecule has 26 heavy (non-hydrogen) atoms. The zero-order valence-electron chi connectivity index (χ0n) is 14.8. The van der Waals surface area contributed by atoms with Crippen molar-refractivity contribution in [2.75, 3.05) is 25.5 Å². The molecule has 0 unspecified atom stereocenters. The highest BCUT2D eigenvalue weighted by Gasteiger charge is 2.26. The predicted molar refractivity (Wildman–Crippen MR) is 110 cm³/mol. The molecule has 3 nitrogen and oxygen atoms in total. The molecule has 1 saturated heterocycles. The van der Waals surface area contributed by atoms with Gasteiger partial charge in [0.05, 0.1) is 5.69 Å². The number of piperidine rings is 1. The monoisotopic (exact) mass is 391 g/mol. The third kappa shape index (κ3) is 4.72. The van der Waals surface area contributed by atoms with Crippen molar-refractivity contribution >= 4 is 34.6 Å². The highest BCUT2D eigenvalue weighted by Crippen LogP contribution is 2.24. The summed E-state index contributed by atoms with van der Waals surface area (Å²) in [4.78, 5) is 4.47. The van der Waals surface area contributed by atoms with Gasteiger partial charge in [0.2, 0.25) is 0 Å². The van der Waals surface area contributed by atoms with Crippen LogP contribution in [-0.2, 0) is 6.54 Å². The maximum atomic E-state index is 14.0. The topological polar surface area (TPSA) is 18.5 Å². The first kappa shape index (κ1) is 19.1. The molecule has 1 aliphatic rings. The van der Waals surface area contributed by atoms with Crippen LogP contribution in [0.3, 0.4) is 0 Å². The maximum Gasteiger partial charge on any atom is 0.174 e. The van der Waals surface area contributed by atoms with Crippen molar-refractivity contribution < 1.29 is 4.39 Å². The average Bonchev–Trinajstić information content (AvgIpc) is 2.64. The quantitative estimate of drug-likeness (QED) is 0.756. The molecule has 1 fully saturated rings. The van der Waals surface area contributed by atoms with Gasteiger partial charge in [-0.3, -0.25) is 0 Å². The number of nitrogens with one attached hydrogen (secondary N) is 1. The molecule has 0 saturated carbocycles. The predicted octanol–water partition coefficient (Wildman–Crippen LogP) is 4.77. The van der Waals surface area contributed by atoms with Crippen molar-refractivity contribution in [2.45, 2.75) is 25.4 Å². The van der Waals surface area contributed by atoms with Crippen LogP contribution < -0.4 is 5.32 Å². The summed E-state index contributed by atoms with van der Waals surface area (Å²) in [7, 11) is 2.13. The second kappa shape index (κ2) is 8.80. The SMILES string of the molecule is CN1CCC(N(Cc2ccccc2Cl)C(=S)Nc2ccccc2F)CC1. The number of hydrogen-bond donors (Lipinski definition) is 1. The van der Waals surface area contributed by atoms with Gasteiger partial charge >= 0.3 is 0 Å². The van der Waals surface area contributed by atoms with Crippen LogP contribution in [0.1, 0.15) is 18.4 Å². The van der Waals surface area contributed by atoms with E-state index in [9.17, 15) is 4.39 Å². The fourth-order valence-electron chi connectivity index (χ4n) is 3.23. The molecule has 0 radical (unpaired) electrons. The zero-order valence-corrected chi connectivity index (χ0v) is 16.4. The molecule has 6 heteroatoms. The van der Waals surface area contributed by atoms with Crippen molar-refractivity contribution in [2.24, 2.45) is 0 Å². The van der Waals surface area contributed by atoms with Gasteiger partial charge in [-0.25, -0.2) is 4.39 Å². The maximum absolute atomic E-state index is 14.0. The molecule has 0 bridgehead atoms. The molecule has 2 aromatic rings. The van der Waals surface area contributed by atoms with E-state index < -0.39 is 0 Å². The highest BCUT2D eigenvalue weighted by atomic mass is 35.5. The van der Waals surface area contributed by atoms with Gasteiger partial charge in [-0.05, 0) is 69.0 Å². The first-order valence-corrected chi connectivity index (χ1v) is 9.57. The standard InChI is InChI=1S/C20H23ClFN3S/c1-24-12-10-16(11-13-24)25(14-15-6-2-3-7-17(15)21)20(26)23-19-9-5-4-8-18(19)22/h2-9,16H,10-14H2,1H3,(H,23,26). The fourth-order valence-corrected chi connectivity index (χ4v) is 3.75. The Morgan fingerprint density at radius 1 is 1.19 bits per heavy atom. The Morgan fingerprint density at radius 2 is 1.85 bits per heavy atom. The van der Waals surface area contributed by atoms with Crippen LogP contribution in [0.4, 0.5) is 10.1 Å². The number of nitrogens with zero attached hydrogens (tertiary/aromatic N) is 2. The minimum Gasteiger partial charge on any atom is -0.342 e. The van der Waals surface area contributed by atoms with E-state index in [2.05, 4.69) is 22.2 Å². The normalized spacial score (nSPS) is 15.7. The van der Waals surface area contributed by atoms with Crippen LogP contribution >= 0.6 is 23.8 Å². The van der Waals surface area contributed by atoms with Gasteiger partial charge in [-0.1, -0.05) is 41.9 Å². The Labute approximate surface area is 164 Å². The van der Waals surface area contributed by atoms with Crippen molar-refractivity contribution in [3.63, 3.8) is 0 Å². The summed E-state index contributed by atoms with van der Waals surface area (Å²) in [5, 5.41) is 4.34. The van der Waals surface area contributed by atoms with Gasteiger partial charge < -0.3 is 15.1 Å². The van der Waals surface area contributed by atoms with Crippen LogP contribution in [0.2, 0.25) is 5.02 Å². The number of hydrogen-bond acceptors (Lipinski definition) is 2. The summed E-state index contributed by atoms with van der Waals surface area (Å²) in [6, 6.07) is 14.7. The van der Waals surface area contributed by atoms with Gasteiger partial charge in [0.15, 0.2) is 5.11 Å². The largest absolute Gasteiger partial charge is 0.342 e. The highest BCUT2D eigenvalue weighted by molar-refractivity contribution is 7.80. The minimum absolute atomic E-state index is 0.300. The summed E-state index contributed by atoms with van der Waals surface area (Å²) < 4.78 is 14.0. The number of benzene rings is 2. The number of para-hydroxylation sites is 1. The van der Waals surface area contributed by atoms with E-state index in [4.69, 9.17) is 23.8 Å². The Morgan fingerprint density at radius 3 is 2.54 bits per heavy atom. The van der Waals surface area contributed by atoms with E-state index >= 15 is 0 Å². The molecule has 1 N–H and O–H groups in total. The zero-order chi connectivity index (χ0) is 18.5. The van der Waals surface area contributed by atoms with Crippen molar-refractivity contribution in [3.8, 4) is 0 Å². The van der Waals surface area contributed by atoms with E-state index in [-0.39, 0.29) is 5.82 Å². The first-order chi connectivity index (χ1) is 12.5. The lowest BCUT2D eigenvalue weighted by molar-refractivity contribution is 0.173. The summed E-state index contributed by atoms with van der Waals surface area (Å²) in [5.41, 5.74) is 1.42. The molecule has 0 aliphatic carbocycles. The summed E-state index contributed by atoms with van der Waals surface area (Å²) in [5.74, 6) is -0.309. The number of likely N-dealkylation sites (tertiary alicyclic amines) is 1. The average molecular weight is 392 g/mol. The Bertz CT molecular complexity index is 762. The lowest BCUT2D eigenvalue weighted by atomic mass is 10.0. The smallest absolute Gasteiger partial charge is 0.174 e. The summed E-state index contributed by atoms with van der Waals surface area (Å²) in [6.45, 7) is 2.65. The van der Waals surface area contributed by atoms with Gasteiger partial charge in [0.1, 0.15) is 5.82 Å². The lowest BCUT2D eigenvalue weighted by Crippen LogP contribution is -2.47. The molecule has 1 heterocycles. The molecular weight excluding hydrogens is 369 g/mol. The molecule has 1 aliphatic heterocycles. The molecule has 0 aromatic heterocycles. The van der Waals surface area contributed by atoms with E-state index in [0.29, 0.717) is 23.4 Å². The van der Waals surface area contributed by atoms with Crippen molar-refractivity contribution in [1.82, 2.24) is 9.80 Å². The van der Waals surface area contributed by atoms with Gasteiger partial charge in [-0.15, -0.1) is 0 Å². The molecule has 0 amide bonds. The molecule has 138 valence electrons. The van der Waals surface area contributed by atoms with E-state index in [0.717, 1.165) is 36.5 Å². The Kier molecular flexibility index (Phi) is 6.46. The fraction of sp³-hybridized carbons (Fsp3) is 0.350. The van der Waals surface area contributed by atoms with Crippen LogP contribution in [0.15, 0.2) is 48.5 Å². The van der Waals surface area contributed by atoms with Crippen molar-refractivity contribution in [3.05, 3.63) is 64.9 Å². The second-order valence-corrected chi connectivity index (χ2v) is 7.46. The van der Waals surface area contributed by atoms with E-state index in [1.807, 2.05) is 24.3 Å². The van der Waals surface area contributed by atoms with Crippen LogP contribution in [0.25, 0.3) is 0 Å². The number of thiocarbonyl (C=S) groups is 1. The van der Waals surface area contributed by atoms with Crippen LogP contribution in [-0.4, -0.2) is 41.1 Å². The number of halogens is 2.